The molecule has 0 fully saturated rings. The summed E-state index contributed by atoms with van der Waals surface area (Å²) in [5, 5.41) is 0. The molecule has 0 unspecified atom stereocenters. The van der Waals surface area contributed by atoms with E-state index >= 15 is 0 Å². The van der Waals surface area contributed by atoms with Crippen molar-refractivity contribution in [2.75, 3.05) is 45.4 Å². The number of ether oxygens (including phenoxy) is 2. The molecular weight excluding hydrogens is 260 g/mol. The minimum Gasteiger partial charge on any atom is -0.389 e. The molecule has 0 spiro atoms. The number of rotatable bonds is 8. The highest BCUT2D eigenvalue weighted by Gasteiger charge is 2.09. The highest BCUT2D eigenvalue weighted by molar-refractivity contribution is 7.80. The van der Waals surface area contributed by atoms with Gasteiger partial charge in [-0.15, -0.1) is 0 Å². The Morgan fingerprint density at radius 1 is 1.21 bits per heavy atom. The smallest absolute Gasteiger partial charge is 0.104 e. The van der Waals surface area contributed by atoms with Gasteiger partial charge in [0.25, 0.3) is 0 Å². The first-order chi connectivity index (χ1) is 9.10. The third-order valence-electron chi connectivity index (χ3n) is 2.97. The van der Waals surface area contributed by atoms with Crippen LogP contribution in [0.5, 0.6) is 0 Å². The molecule has 0 aliphatic rings. The minimum absolute atomic E-state index is 0.435. The predicted octanol–water partition coefficient (Wildman–Crippen LogP) is 1.73. The summed E-state index contributed by atoms with van der Waals surface area (Å²) in [6.45, 7) is 5.03. The van der Waals surface area contributed by atoms with E-state index in [4.69, 9.17) is 27.4 Å². The Hall–Kier alpha value is -1.17. The lowest BCUT2D eigenvalue weighted by Gasteiger charge is -2.25. The number of methoxy groups -OCH3 is 2. The van der Waals surface area contributed by atoms with E-state index in [9.17, 15) is 0 Å². The zero-order valence-corrected chi connectivity index (χ0v) is 12.6. The second-order valence-corrected chi connectivity index (χ2v) is 4.78. The zero-order valence-electron chi connectivity index (χ0n) is 11.8. The first kappa shape index (κ1) is 15.9. The number of hydrogen-bond acceptors (Lipinski definition) is 4. The lowest BCUT2D eigenvalue weighted by molar-refractivity contribution is 0.190. The SMILES string of the molecule is COCCN(CCOC)c1ccc(C(N)=S)c(C)c1. The molecule has 4 nitrogen and oxygen atoms in total. The van der Waals surface area contributed by atoms with Gasteiger partial charge in [0.15, 0.2) is 0 Å². The van der Waals surface area contributed by atoms with Crippen LogP contribution < -0.4 is 10.6 Å². The van der Waals surface area contributed by atoms with Crippen LogP contribution in [0.15, 0.2) is 18.2 Å². The van der Waals surface area contributed by atoms with Crippen molar-refractivity contribution in [2.24, 2.45) is 5.73 Å². The number of nitrogens with zero attached hydrogens (tertiary/aromatic N) is 1. The Bertz CT molecular complexity index is 416. The summed E-state index contributed by atoms with van der Waals surface area (Å²) in [6.07, 6.45) is 0. The molecule has 1 aromatic carbocycles. The molecular formula is C14H22N2O2S. The Morgan fingerprint density at radius 2 is 1.79 bits per heavy atom. The van der Waals surface area contributed by atoms with Gasteiger partial charge >= 0.3 is 0 Å². The van der Waals surface area contributed by atoms with Crippen LogP contribution in [-0.4, -0.2) is 45.5 Å². The summed E-state index contributed by atoms with van der Waals surface area (Å²) in [4.78, 5) is 2.66. The van der Waals surface area contributed by atoms with E-state index in [0.717, 1.165) is 29.9 Å². The van der Waals surface area contributed by atoms with E-state index in [1.165, 1.54) is 0 Å². The van der Waals surface area contributed by atoms with Crippen LogP contribution in [0.2, 0.25) is 0 Å². The number of anilines is 1. The van der Waals surface area contributed by atoms with Crippen LogP contribution in [0.4, 0.5) is 5.69 Å². The maximum absolute atomic E-state index is 5.68. The Kier molecular flexibility index (Phi) is 6.77. The number of benzene rings is 1. The van der Waals surface area contributed by atoms with Crippen molar-refractivity contribution >= 4 is 22.9 Å². The summed E-state index contributed by atoms with van der Waals surface area (Å²) in [5.41, 5.74) is 8.83. The van der Waals surface area contributed by atoms with Crippen molar-refractivity contribution in [3.8, 4) is 0 Å². The van der Waals surface area contributed by atoms with Crippen LogP contribution in [0.25, 0.3) is 0 Å². The monoisotopic (exact) mass is 282 g/mol. The molecule has 0 aliphatic carbocycles. The quantitative estimate of drug-likeness (QED) is 0.736. The van der Waals surface area contributed by atoms with Crippen LogP contribution in [0.3, 0.4) is 0 Å². The molecule has 0 aliphatic heterocycles. The van der Waals surface area contributed by atoms with E-state index in [0.29, 0.717) is 18.2 Å². The average molecular weight is 282 g/mol. The van der Waals surface area contributed by atoms with Crippen molar-refractivity contribution in [2.45, 2.75) is 6.92 Å². The standard InChI is InChI=1S/C14H22N2O2S/c1-11-10-12(4-5-13(11)14(15)19)16(6-8-17-2)7-9-18-3/h4-5,10H,6-9H2,1-3H3,(H2,15,19). The molecule has 0 radical (unpaired) electrons. The maximum Gasteiger partial charge on any atom is 0.104 e. The van der Waals surface area contributed by atoms with Gasteiger partial charge in [0.2, 0.25) is 0 Å². The number of hydrogen-bond donors (Lipinski definition) is 1. The van der Waals surface area contributed by atoms with Crippen LogP contribution in [-0.2, 0) is 9.47 Å². The summed E-state index contributed by atoms with van der Waals surface area (Å²) in [7, 11) is 3.41. The van der Waals surface area contributed by atoms with Gasteiger partial charge in [-0.3, -0.25) is 0 Å². The largest absolute Gasteiger partial charge is 0.389 e. The first-order valence-electron chi connectivity index (χ1n) is 6.23. The molecule has 0 atom stereocenters. The van der Waals surface area contributed by atoms with Crippen molar-refractivity contribution in [3.63, 3.8) is 0 Å². The summed E-state index contributed by atoms with van der Waals surface area (Å²) < 4.78 is 10.3. The molecule has 1 rings (SSSR count). The zero-order chi connectivity index (χ0) is 14.3. The summed E-state index contributed by atoms with van der Waals surface area (Å²) in [5.74, 6) is 0. The lowest BCUT2D eigenvalue weighted by Crippen LogP contribution is -2.30. The summed E-state index contributed by atoms with van der Waals surface area (Å²) >= 11 is 5.02. The molecule has 106 valence electrons. The Morgan fingerprint density at radius 3 is 2.21 bits per heavy atom. The maximum atomic E-state index is 5.68. The Labute approximate surface area is 120 Å². The molecule has 0 saturated heterocycles. The first-order valence-corrected chi connectivity index (χ1v) is 6.64. The predicted molar refractivity (Wildman–Crippen MR) is 83.0 cm³/mol. The number of thiocarbonyl (C=S) groups is 1. The van der Waals surface area contributed by atoms with Gasteiger partial charge in [-0.05, 0) is 30.7 Å². The van der Waals surface area contributed by atoms with E-state index in [1.54, 1.807) is 14.2 Å². The second-order valence-electron chi connectivity index (χ2n) is 4.34. The highest BCUT2D eigenvalue weighted by atomic mass is 32.1. The lowest BCUT2D eigenvalue weighted by atomic mass is 10.1. The van der Waals surface area contributed by atoms with Gasteiger partial charge in [0.05, 0.1) is 13.2 Å². The molecule has 0 heterocycles. The van der Waals surface area contributed by atoms with Gasteiger partial charge in [0.1, 0.15) is 4.99 Å². The highest BCUT2D eigenvalue weighted by Crippen LogP contribution is 2.19. The van der Waals surface area contributed by atoms with Crippen molar-refractivity contribution in [1.82, 2.24) is 0 Å². The van der Waals surface area contributed by atoms with Gasteiger partial charge in [-0.25, -0.2) is 0 Å². The van der Waals surface area contributed by atoms with Crippen LogP contribution >= 0.6 is 12.2 Å². The molecule has 0 bridgehead atoms. The van der Waals surface area contributed by atoms with Gasteiger partial charge in [-0.1, -0.05) is 12.2 Å². The number of aryl methyl sites for hydroxylation is 1. The fourth-order valence-corrected chi connectivity index (χ4v) is 2.12. The third-order valence-corrected chi connectivity index (χ3v) is 3.19. The van der Waals surface area contributed by atoms with E-state index < -0.39 is 0 Å². The van der Waals surface area contributed by atoms with E-state index in [-0.39, 0.29) is 0 Å². The topological polar surface area (TPSA) is 47.7 Å². The van der Waals surface area contributed by atoms with Crippen molar-refractivity contribution in [1.29, 1.82) is 0 Å². The minimum atomic E-state index is 0.435. The molecule has 1 aromatic rings. The second kappa shape index (κ2) is 8.09. The van der Waals surface area contributed by atoms with Gasteiger partial charge in [0, 0.05) is 38.6 Å². The normalized spacial score (nSPS) is 10.5. The van der Waals surface area contributed by atoms with E-state index in [2.05, 4.69) is 11.0 Å². The van der Waals surface area contributed by atoms with Crippen LogP contribution in [0, 0.1) is 6.92 Å². The molecule has 0 saturated carbocycles. The summed E-state index contributed by atoms with van der Waals surface area (Å²) in [6, 6.07) is 6.10. The van der Waals surface area contributed by atoms with Crippen molar-refractivity contribution < 1.29 is 9.47 Å². The molecule has 2 N–H and O–H groups in total. The molecule has 5 heteroatoms. The molecule has 0 aromatic heterocycles. The molecule has 19 heavy (non-hydrogen) atoms. The van der Waals surface area contributed by atoms with E-state index in [1.807, 2.05) is 19.1 Å². The fraction of sp³-hybridized carbons (Fsp3) is 0.500. The fourth-order valence-electron chi connectivity index (χ4n) is 1.89. The number of nitrogens with two attached hydrogens (primary N) is 1. The van der Waals surface area contributed by atoms with Gasteiger partial charge < -0.3 is 20.1 Å². The van der Waals surface area contributed by atoms with Gasteiger partial charge in [-0.2, -0.15) is 0 Å². The third kappa shape index (κ3) is 4.78. The van der Waals surface area contributed by atoms with Crippen LogP contribution in [0.1, 0.15) is 11.1 Å². The molecule has 0 amide bonds. The average Bonchev–Trinajstić information content (AvgIpc) is 2.38. The Balaban J connectivity index is 2.88. The van der Waals surface area contributed by atoms with Crippen molar-refractivity contribution in [3.05, 3.63) is 29.3 Å².